The maximum Gasteiger partial charge on any atom is 0.270 e. The number of fused-ring (bicyclic) bond motifs is 1. The van der Waals surface area contributed by atoms with Crippen LogP contribution in [0.1, 0.15) is 25.3 Å². The lowest BCUT2D eigenvalue weighted by atomic mass is 9.97. The predicted molar refractivity (Wildman–Crippen MR) is 140 cm³/mol. The third kappa shape index (κ3) is 5.07. The second-order valence-electron chi connectivity index (χ2n) is 8.66. The fourth-order valence-electron chi connectivity index (χ4n) is 4.48. The number of H-pyrrole nitrogens is 1. The molecule has 2 aromatic carbocycles. The summed E-state index contributed by atoms with van der Waals surface area (Å²) >= 11 is 1.41. The molecule has 1 amide bonds. The van der Waals surface area contributed by atoms with Gasteiger partial charge in [0, 0.05) is 30.6 Å². The molecule has 0 bridgehead atoms. The molecule has 1 aliphatic heterocycles. The maximum absolute atomic E-state index is 12.9. The molecule has 1 atom stereocenters. The number of thiophene rings is 1. The van der Waals surface area contributed by atoms with Crippen molar-refractivity contribution in [2.24, 2.45) is 5.92 Å². The van der Waals surface area contributed by atoms with Crippen LogP contribution >= 0.6 is 11.3 Å². The first-order valence-corrected chi connectivity index (χ1v) is 12.8. The molecule has 0 unspecified atom stereocenters. The van der Waals surface area contributed by atoms with Gasteiger partial charge in [-0.05, 0) is 43.0 Å². The zero-order chi connectivity index (χ0) is 24.2. The molecular weight excluding hydrogens is 460 g/mol. The van der Waals surface area contributed by atoms with Gasteiger partial charge in [-0.1, -0.05) is 42.5 Å². The van der Waals surface area contributed by atoms with Gasteiger partial charge in [0.25, 0.3) is 5.56 Å². The van der Waals surface area contributed by atoms with Crippen LogP contribution < -0.4 is 20.5 Å². The lowest BCUT2D eigenvalue weighted by molar-refractivity contribution is -0.125. The molecule has 0 radical (unpaired) electrons. The van der Waals surface area contributed by atoms with Crippen LogP contribution in [-0.4, -0.2) is 35.6 Å². The van der Waals surface area contributed by atoms with Crippen LogP contribution in [0.4, 0.5) is 5.95 Å². The fraction of sp³-hybridized carbons (Fsp3) is 0.296. The number of carbonyl (C=O) groups is 1. The summed E-state index contributed by atoms with van der Waals surface area (Å²) in [6, 6.07) is 17.7. The second kappa shape index (κ2) is 10.3. The third-order valence-corrected chi connectivity index (χ3v) is 7.26. The minimum absolute atomic E-state index is 0.0208. The van der Waals surface area contributed by atoms with Crippen molar-refractivity contribution >= 4 is 33.4 Å². The average Bonchev–Trinajstić information content (AvgIpc) is 3.34. The molecule has 180 valence electrons. The molecular formula is C27H28N4O3S. The van der Waals surface area contributed by atoms with E-state index in [9.17, 15) is 9.59 Å². The Labute approximate surface area is 207 Å². The Balaban J connectivity index is 1.30. The quantitative estimate of drug-likeness (QED) is 0.398. The van der Waals surface area contributed by atoms with E-state index in [2.05, 4.69) is 10.3 Å². The molecule has 35 heavy (non-hydrogen) atoms. The minimum Gasteiger partial charge on any atom is -0.494 e. The summed E-state index contributed by atoms with van der Waals surface area (Å²) in [7, 11) is 0. The van der Waals surface area contributed by atoms with E-state index < -0.39 is 0 Å². The van der Waals surface area contributed by atoms with Crippen molar-refractivity contribution in [2.75, 3.05) is 24.6 Å². The zero-order valence-electron chi connectivity index (χ0n) is 19.6. The van der Waals surface area contributed by atoms with E-state index in [4.69, 9.17) is 9.72 Å². The topological polar surface area (TPSA) is 87.3 Å². The Kier molecular flexibility index (Phi) is 6.81. The van der Waals surface area contributed by atoms with Gasteiger partial charge in [-0.25, -0.2) is 4.98 Å². The van der Waals surface area contributed by atoms with E-state index in [1.165, 1.54) is 11.3 Å². The van der Waals surface area contributed by atoms with E-state index in [0.29, 0.717) is 35.9 Å². The first-order chi connectivity index (χ1) is 17.1. The smallest absolute Gasteiger partial charge is 0.270 e. The van der Waals surface area contributed by atoms with Crippen LogP contribution in [0.15, 0.2) is 64.8 Å². The normalized spacial score (nSPS) is 15.8. The SMILES string of the molecule is CCOc1ccc(CNC(=O)[C@H]2CCCN(c3nc4c(-c5ccccc5)csc4c(=O)[nH]3)C2)cc1. The van der Waals surface area contributed by atoms with Gasteiger partial charge in [-0.15, -0.1) is 11.3 Å². The number of hydrogen-bond donors (Lipinski definition) is 2. The molecule has 8 heteroatoms. The van der Waals surface area contributed by atoms with Crippen LogP contribution in [0.3, 0.4) is 0 Å². The molecule has 5 rings (SSSR count). The van der Waals surface area contributed by atoms with Crippen molar-refractivity contribution in [3.8, 4) is 16.9 Å². The summed E-state index contributed by atoms with van der Waals surface area (Å²) < 4.78 is 6.09. The summed E-state index contributed by atoms with van der Waals surface area (Å²) in [4.78, 5) is 35.6. The molecule has 2 N–H and O–H groups in total. The number of amides is 1. The van der Waals surface area contributed by atoms with Gasteiger partial charge < -0.3 is 15.0 Å². The molecule has 0 spiro atoms. The van der Waals surface area contributed by atoms with Crippen LogP contribution in [0.2, 0.25) is 0 Å². The Hall–Kier alpha value is -3.65. The molecule has 1 aliphatic rings. The number of benzene rings is 2. The maximum atomic E-state index is 12.9. The Morgan fingerprint density at radius 2 is 2.00 bits per heavy atom. The summed E-state index contributed by atoms with van der Waals surface area (Å²) in [5, 5.41) is 5.05. The van der Waals surface area contributed by atoms with Crippen molar-refractivity contribution in [3.63, 3.8) is 0 Å². The molecule has 2 aromatic heterocycles. The van der Waals surface area contributed by atoms with Gasteiger partial charge in [0.1, 0.15) is 10.4 Å². The molecule has 7 nitrogen and oxygen atoms in total. The number of piperidine rings is 1. The largest absolute Gasteiger partial charge is 0.494 e. The van der Waals surface area contributed by atoms with Crippen molar-refractivity contribution in [1.82, 2.24) is 15.3 Å². The van der Waals surface area contributed by atoms with E-state index in [1.54, 1.807) is 0 Å². The number of aromatic amines is 1. The van der Waals surface area contributed by atoms with E-state index >= 15 is 0 Å². The Morgan fingerprint density at radius 1 is 1.20 bits per heavy atom. The average molecular weight is 489 g/mol. The van der Waals surface area contributed by atoms with Crippen molar-refractivity contribution in [2.45, 2.75) is 26.3 Å². The number of nitrogens with zero attached hydrogens (tertiary/aromatic N) is 2. The van der Waals surface area contributed by atoms with Crippen molar-refractivity contribution < 1.29 is 9.53 Å². The number of ether oxygens (including phenoxy) is 1. The van der Waals surface area contributed by atoms with E-state index in [1.807, 2.05) is 71.8 Å². The number of carbonyl (C=O) groups excluding carboxylic acids is 1. The van der Waals surface area contributed by atoms with Crippen LogP contribution in [0.5, 0.6) is 5.75 Å². The molecule has 4 aromatic rings. The summed E-state index contributed by atoms with van der Waals surface area (Å²) in [6.07, 6.45) is 1.67. The van der Waals surface area contributed by atoms with Gasteiger partial charge >= 0.3 is 0 Å². The van der Waals surface area contributed by atoms with E-state index in [-0.39, 0.29) is 17.4 Å². The number of aromatic nitrogens is 2. The molecule has 3 heterocycles. The van der Waals surface area contributed by atoms with Gasteiger partial charge in [0.05, 0.1) is 18.0 Å². The number of anilines is 1. The van der Waals surface area contributed by atoms with Crippen LogP contribution in [0.25, 0.3) is 21.3 Å². The van der Waals surface area contributed by atoms with Gasteiger partial charge in [-0.2, -0.15) is 0 Å². The fourth-order valence-corrected chi connectivity index (χ4v) is 5.38. The lowest BCUT2D eigenvalue weighted by Gasteiger charge is -2.32. The standard InChI is InChI=1S/C27H28N4O3S/c1-2-34-21-12-10-18(11-13-21)15-28-25(32)20-9-6-14-31(16-20)27-29-23-22(19-7-4-3-5-8-19)17-35-24(23)26(33)30-27/h3-5,7-8,10-13,17,20H,2,6,9,14-16H2,1H3,(H,28,32)(H,29,30,33)/t20-/m0/s1. The van der Waals surface area contributed by atoms with Crippen LogP contribution in [0, 0.1) is 5.92 Å². The van der Waals surface area contributed by atoms with Gasteiger partial charge in [0.15, 0.2) is 0 Å². The predicted octanol–water partition coefficient (Wildman–Crippen LogP) is 4.58. The molecule has 0 saturated carbocycles. The molecule has 1 fully saturated rings. The summed E-state index contributed by atoms with van der Waals surface area (Å²) in [5.74, 6) is 1.21. The zero-order valence-corrected chi connectivity index (χ0v) is 20.4. The van der Waals surface area contributed by atoms with Crippen molar-refractivity contribution in [1.29, 1.82) is 0 Å². The highest BCUT2D eigenvalue weighted by Crippen LogP contribution is 2.32. The highest BCUT2D eigenvalue weighted by atomic mass is 32.1. The summed E-state index contributed by atoms with van der Waals surface area (Å²) in [5.41, 5.74) is 3.59. The highest BCUT2D eigenvalue weighted by molar-refractivity contribution is 7.17. The monoisotopic (exact) mass is 488 g/mol. The second-order valence-corrected chi connectivity index (χ2v) is 9.54. The molecule has 1 saturated heterocycles. The Morgan fingerprint density at radius 3 is 2.77 bits per heavy atom. The third-order valence-electron chi connectivity index (χ3n) is 6.29. The van der Waals surface area contributed by atoms with Gasteiger partial charge in [0.2, 0.25) is 11.9 Å². The van der Waals surface area contributed by atoms with Crippen molar-refractivity contribution in [3.05, 3.63) is 75.9 Å². The van der Waals surface area contributed by atoms with Gasteiger partial charge in [-0.3, -0.25) is 14.6 Å². The minimum atomic E-state index is -0.163. The number of hydrogen-bond acceptors (Lipinski definition) is 6. The first kappa shape index (κ1) is 23.1. The lowest BCUT2D eigenvalue weighted by Crippen LogP contribution is -2.44. The van der Waals surface area contributed by atoms with Crippen LogP contribution in [-0.2, 0) is 11.3 Å². The first-order valence-electron chi connectivity index (χ1n) is 11.9. The number of rotatable bonds is 7. The summed E-state index contributed by atoms with van der Waals surface area (Å²) in [6.45, 7) is 4.32. The molecule has 0 aliphatic carbocycles. The number of nitrogens with one attached hydrogen (secondary N) is 2. The Bertz CT molecular complexity index is 1360. The van der Waals surface area contributed by atoms with E-state index in [0.717, 1.165) is 41.8 Å². The highest BCUT2D eigenvalue weighted by Gasteiger charge is 2.27.